The highest BCUT2D eigenvalue weighted by molar-refractivity contribution is 14.1. The Morgan fingerprint density at radius 1 is 1.26 bits per heavy atom. The van der Waals surface area contributed by atoms with E-state index in [1.54, 1.807) is 0 Å². The molecule has 1 amide bonds. The lowest BCUT2D eigenvalue weighted by atomic mass is 9.80. The maximum atomic E-state index is 12.4. The van der Waals surface area contributed by atoms with E-state index in [9.17, 15) is 4.79 Å². The average Bonchev–Trinajstić information content (AvgIpc) is 2.30. The first kappa shape index (κ1) is 15.3. The Hall–Kier alpha value is -0.100. The van der Waals surface area contributed by atoms with Crippen LogP contribution in [-0.2, 0) is 0 Å². The summed E-state index contributed by atoms with van der Waals surface area (Å²) >= 11 is 5.69. The lowest BCUT2D eigenvalue weighted by Gasteiger charge is -2.32. The maximum absolute atomic E-state index is 12.4. The summed E-state index contributed by atoms with van der Waals surface area (Å²) in [5.74, 6) is 1.44. The third-order valence-electron chi connectivity index (χ3n) is 3.69. The Labute approximate surface area is 137 Å². The van der Waals surface area contributed by atoms with Crippen molar-refractivity contribution >= 4 is 44.4 Å². The van der Waals surface area contributed by atoms with Crippen molar-refractivity contribution < 1.29 is 4.79 Å². The molecule has 0 saturated heterocycles. The standard InChI is InChI=1S/C15H19BrINO/c1-9-5-10(2)7-12(6-9)18-15(19)13-8-11(17)3-4-14(13)16/h3-4,8-10,12H,5-7H2,1-2H3,(H,18,19). The number of rotatable bonds is 2. The van der Waals surface area contributed by atoms with Gasteiger partial charge in [-0.1, -0.05) is 13.8 Å². The fourth-order valence-corrected chi connectivity index (χ4v) is 3.92. The molecule has 104 valence electrons. The molecule has 19 heavy (non-hydrogen) atoms. The van der Waals surface area contributed by atoms with Crippen LogP contribution in [0.3, 0.4) is 0 Å². The Morgan fingerprint density at radius 2 is 1.89 bits per heavy atom. The molecule has 1 aromatic carbocycles. The minimum Gasteiger partial charge on any atom is -0.349 e. The molecule has 4 heteroatoms. The first-order chi connectivity index (χ1) is 8.95. The predicted molar refractivity (Wildman–Crippen MR) is 90.3 cm³/mol. The second-order valence-electron chi connectivity index (χ2n) is 5.71. The van der Waals surface area contributed by atoms with E-state index >= 15 is 0 Å². The van der Waals surface area contributed by atoms with Crippen molar-refractivity contribution in [2.24, 2.45) is 11.8 Å². The van der Waals surface area contributed by atoms with Crippen LogP contribution in [0.4, 0.5) is 0 Å². The van der Waals surface area contributed by atoms with E-state index in [2.05, 4.69) is 57.7 Å². The number of hydrogen-bond donors (Lipinski definition) is 1. The minimum atomic E-state index is 0.0386. The summed E-state index contributed by atoms with van der Waals surface area (Å²) in [4.78, 5) is 12.4. The molecule has 0 radical (unpaired) electrons. The van der Waals surface area contributed by atoms with Gasteiger partial charge >= 0.3 is 0 Å². The van der Waals surface area contributed by atoms with Gasteiger partial charge in [0.15, 0.2) is 0 Å². The van der Waals surface area contributed by atoms with Gasteiger partial charge in [0.25, 0.3) is 5.91 Å². The molecule has 1 N–H and O–H groups in total. The van der Waals surface area contributed by atoms with Crippen molar-refractivity contribution in [2.45, 2.75) is 39.2 Å². The van der Waals surface area contributed by atoms with Gasteiger partial charge in [0.05, 0.1) is 5.56 Å². The van der Waals surface area contributed by atoms with Gasteiger partial charge in [0, 0.05) is 14.1 Å². The van der Waals surface area contributed by atoms with Crippen LogP contribution >= 0.6 is 38.5 Å². The van der Waals surface area contributed by atoms with Gasteiger partial charge in [-0.15, -0.1) is 0 Å². The largest absolute Gasteiger partial charge is 0.349 e. The van der Waals surface area contributed by atoms with E-state index in [4.69, 9.17) is 0 Å². The van der Waals surface area contributed by atoms with E-state index in [0.29, 0.717) is 17.9 Å². The summed E-state index contributed by atoms with van der Waals surface area (Å²) < 4.78 is 1.94. The molecule has 2 rings (SSSR count). The highest BCUT2D eigenvalue weighted by atomic mass is 127. The van der Waals surface area contributed by atoms with Crippen molar-refractivity contribution in [3.8, 4) is 0 Å². The fraction of sp³-hybridized carbons (Fsp3) is 0.533. The van der Waals surface area contributed by atoms with Crippen molar-refractivity contribution in [3.05, 3.63) is 31.8 Å². The zero-order valence-corrected chi connectivity index (χ0v) is 15.0. The second kappa shape index (κ2) is 6.57. The van der Waals surface area contributed by atoms with Gasteiger partial charge in [-0.25, -0.2) is 0 Å². The van der Waals surface area contributed by atoms with Crippen LogP contribution in [0, 0.1) is 15.4 Å². The zero-order chi connectivity index (χ0) is 14.0. The predicted octanol–water partition coefficient (Wildman–Crippen LogP) is 4.61. The monoisotopic (exact) mass is 435 g/mol. The maximum Gasteiger partial charge on any atom is 0.252 e. The van der Waals surface area contributed by atoms with Crippen molar-refractivity contribution in [1.29, 1.82) is 0 Å². The number of carbonyl (C=O) groups excluding carboxylic acids is 1. The number of nitrogens with one attached hydrogen (secondary N) is 1. The van der Waals surface area contributed by atoms with Crippen molar-refractivity contribution in [3.63, 3.8) is 0 Å². The van der Waals surface area contributed by atoms with E-state index in [1.165, 1.54) is 6.42 Å². The van der Waals surface area contributed by atoms with Gasteiger partial charge in [-0.3, -0.25) is 4.79 Å². The Balaban J connectivity index is 2.06. The molecule has 0 bridgehead atoms. The minimum absolute atomic E-state index is 0.0386. The topological polar surface area (TPSA) is 29.1 Å². The van der Waals surface area contributed by atoms with E-state index in [1.807, 2.05) is 18.2 Å². The smallest absolute Gasteiger partial charge is 0.252 e. The summed E-state index contributed by atoms with van der Waals surface area (Å²) in [6.07, 6.45) is 3.47. The van der Waals surface area contributed by atoms with Crippen LogP contribution in [0.15, 0.2) is 22.7 Å². The summed E-state index contributed by atoms with van der Waals surface area (Å²) in [5, 5.41) is 3.19. The van der Waals surface area contributed by atoms with Crippen LogP contribution in [0.2, 0.25) is 0 Å². The molecule has 0 aromatic heterocycles. The summed E-state index contributed by atoms with van der Waals surface area (Å²) in [6, 6.07) is 6.17. The number of halogens is 2. The summed E-state index contributed by atoms with van der Waals surface area (Å²) in [7, 11) is 0. The van der Waals surface area contributed by atoms with Gasteiger partial charge in [0.1, 0.15) is 0 Å². The normalized spacial score (nSPS) is 27.1. The second-order valence-corrected chi connectivity index (χ2v) is 7.81. The highest BCUT2D eigenvalue weighted by Crippen LogP contribution is 2.29. The molecule has 1 aromatic rings. The molecule has 1 aliphatic carbocycles. The summed E-state index contributed by atoms with van der Waals surface area (Å²) in [5.41, 5.74) is 0.734. The molecule has 0 spiro atoms. The molecular weight excluding hydrogens is 417 g/mol. The number of hydrogen-bond acceptors (Lipinski definition) is 1. The quantitative estimate of drug-likeness (QED) is 0.675. The first-order valence-corrected chi connectivity index (χ1v) is 8.58. The SMILES string of the molecule is CC1CC(C)CC(NC(=O)c2cc(I)ccc2Br)C1. The number of amides is 1. The average molecular weight is 436 g/mol. The van der Waals surface area contributed by atoms with E-state index in [-0.39, 0.29) is 5.91 Å². The molecular formula is C15H19BrINO. The van der Waals surface area contributed by atoms with Crippen LogP contribution < -0.4 is 5.32 Å². The van der Waals surface area contributed by atoms with E-state index < -0.39 is 0 Å². The molecule has 1 fully saturated rings. The molecule has 1 aliphatic rings. The molecule has 1 saturated carbocycles. The molecule has 2 nitrogen and oxygen atoms in total. The Bertz CT molecular complexity index is 467. The van der Waals surface area contributed by atoms with Crippen LogP contribution in [0.5, 0.6) is 0 Å². The van der Waals surface area contributed by atoms with Crippen LogP contribution in [-0.4, -0.2) is 11.9 Å². The van der Waals surface area contributed by atoms with Gasteiger partial charge in [0.2, 0.25) is 0 Å². The molecule has 0 heterocycles. The third kappa shape index (κ3) is 4.18. The van der Waals surface area contributed by atoms with Crippen molar-refractivity contribution in [2.75, 3.05) is 0 Å². The lowest BCUT2D eigenvalue weighted by Crippen LogP contribution is -2.40. The molecule has 2 unspecified atom stereocenters. The molecule has 0 aliphatic heterocycles. The number of carbonyl (C=O) groups is 1. The lowest BCUT2D eigenvalue weighted by molar-refractivity contribution is 0.0910. The van der Waals surface area contributed by atoms with Gasteiger partial charge in [-0.05, 0) is 87.8 Å². The number of benzene rings is 1. The van der Waals surface area contributed by atoms with Gasteiger partial charge in [-0.2, -0.15) is 0 Å². The third-order valence-corrected chi connectivity index (χ3v) is 5.05. The zero-order valence-electron chi connectivity index (χ0n) is 11.2. The van der Waals surface area contributed by atoms with Gasteiger partial charge < -0.3 is 5.32 Å². The van der Waals surface area contributed by atoms with Crippen LogP contribution in [0.25, 0.3) is 0 Å². The van der Waals surface area contributed by atoms with Crippen LogP contribution in [0.1, 0.15) is 43.5 Å². The Kier molecular flexibility index (Phi) is 5.29. The van der Waals surface area contributed by atoms with Crippen molar-refractivity contribution in [1.82, 2.24) is 5.32 Å². The highest BCUT2D eigenvalue weighted by Gasteiger charge is 2.25. The summed E-state index contributed by atoms with van der Waals surface area (Å²) in [6.45, 7) is 4.55. The van der Waals surface area contributed by atoms with E-state index in [0.717, 1.165) is 26.4 Å². The fourth-order valence-electron chi connectivity index (χ4n) is 3.00. The molecule has 2 atom stereocenters. The first-order valence-electron chi connectivity index (χ1n) is 6.71. The Morgan fingerprint density at radius 3 is 2.53 bits per heavy atom.